The molecule has 0 radical (unpaired) electrons. The SMILES string of the molecule is NC(Cc1ccc(F)cc1F)Cn1cnc2ccccc21. The highest BCUT2D eigenvalue weighted by molar-refractivity contribution is 5.74. The molecule has 2 aromatic carbocycles. The molecule has 1 aromatic heterocycles. The van der Waals surface area contributed by atoms with Crippen molar-refractivity contribution < 1.29 is 8.78 Å². The standard InChI is InChI=1S/C16H15F2N3/c17-12-6-5-11(14(18)8-12)7-13(19)9-21-10-20-15-3-1-2-4-16(15)21/h1-6,8,10,13H,7,9,19H2. The Morgan fingerprint density at radius 1 is 1.14 bits per heavy atom. The number of hydrogen-bond donors (Lipinski definition) is 1. The average molecular weight is 287 g/mol. The van der Waals surface area contributed by atoms with E-state index in [2.05, 4.69) is 4.98 Å². The van der Waals surface area contributed by atoms with Gasteiger partial charge in [0.15, 0.2) is 0 Å². The molecule has 0 saturated carbocycles. The lowest BCUT2D eigenvalue weighted by Gasteiger charge is -2.13. The smallest absolute Gasteiger partial charge is 0.129 e. The Labute approximate surface area is 121 Å². The number of nitrogens with two attached hydrogens (primary N) is 1. The van der Waals surface area contributed by atoms with E-state index in [4.69, 9.17) is 5.73 Å². The topological polar surface area (TPSA) is 43.8 Å². The zero-order valence-electron chi connectivity index (χ0n) is 11.3. The highest BCUT2D eigenvalue weighted by atomic mass is 19.1. The molecule has 5 heteroatoms. The van der Waals surface area contributed by atoms with Crippen LogP contribution >= 0.6 is 0 Å². The fourth-order valence-electron chi connectivity index (χ4n) is 2.44. The molecule has 108 valence electrons. The van der Waals surface area contributed by atoms with E-state index in [9.17, 15) is 8.78 Å². The Hall–Kier alpha value is -2.27. The van der Waals surface area contributed by atoms with Crippen molar-refractivity contribution in [3.05, 3.63) is 66.0 Å². The van der Waals surface area contributed by atoms with E-state index in [0.29, 0.717) is 18.5 Å². The summed E-state index contributed by atoms with van der Waals surface area (Å²) < 4.78 is 28.5. The van der Waals surface area contributed by atoms with E-state index < -0.39 is 11.6 Å². The molecule has 0 aliphatic carbocycles. The Morgan fingerprint density at radius 2 is 1.95 bits per heavy atom. The lowest BCUT2D eigenvalue weighted by Crippen LogP contribution is -2.28. The van der Waals surface area contributed by atoms with Crippen LogP contribution in [0.3, 0.4) is 0 Å². The largest absolute Gasteiger partial charge is 0.329 e. The van der Waals surface area contributed by atoms with Gasteiger partial charge in [-0.05, 0) is 30.2 Å². The van der Waals surface area contributed by atoms with Gasteiger partial charge in [0.25, 0.3) is 0 Å². The normalized spacial score (nSPS) is 12.7. The predicted octanol–water partition coefficient (Wildman–Crippen LogP) is 2.88. The van der Waals surface area contributed by atoms with Gasteiger partial charge in [0.2, 0.25) is 0 Å². The summed E-state index contributed by atoms with van der Waals surface area (Å²) in [7, 11) is 0. The number of nitrogens with zero attached hydrogens (tertiary/aromatic N) is 2. The van der Waals surface area contributed by atoms with Crippen LogP contribution < -0.4 is 5.73 Å². The molecule has 3 nitrogen and oxygen atoms in total. The van der Waals surface area contributed by atoms with Crippen LogP contribution in [0.4, 0.5) is 8.78 Å². The third-order valence-electron chi connectivity index (χ3n) is 3.46. The van der Waals surface area contributed by atoms with Crippen molar-refractivity contribution >= 4 is 11.0 Å². The highest BCUT2D eigenvalue weighted by Gasteiger charge is 2.11. The van der Waals surface area contributed by atoms with Crippen LogP contribution in [0.2, 0.25) is 0 Å². The van der Waals surface area contributed by atoms with Crippen LogP contribution in [-0.4, -0.2) is 15.6 Å². The minimum Gasteiger partial charge on any atom is -0.329 e. The van der Waals surface area contributed by atoms with Gasteiger partial charge in [0.05, 0.1) is 17.4 Å². The maximum absolute atomic E-state index is 13.6. The van der Waals surface area contributed by atoms with E-state index in [1.807, 2.05) is 28.8 Å². The molecule has 21 heavy (non-hydrogen) atoms. The minimum atomic E-state index is -0.578. The van der Waals surface area contributed by atoms with Gasteiger partial charge in [-0.15, -0.1) is 0 Å². The average Bonchev–Trinajstić information content (AvgIpc) is 2.85. The van der Waals surface area contributed by atoms with Gasteiger partial charge in [-0.25, -0.2) is 13.8 Å². The zero-order valence-corrected chi connectivity index (χ0v) is 11.3. The monoisotopic (exact) mass is 287 g/mol. The Bertz CT molecular complexity index is 767. The minimum absolute atomic E-state index is 0.275. The summed E-state index contributed by atoms with van der Waals surface area (Å²) in [6, 6.07) is 11.1. The molecule has 0 amide bonds. The van der Waals surface area contributed by atoms with E-state index in [0.717, 1.165) is 17.1 Å². The number of halogens is 2. The molecule has 1 heterocycles. The van der Waals surface area contributed by atoms with Crippen molar-refractivity contribution in [2.75, 3.05) is 0 Å². The molecule has 0 aliphatic heterocycles. The second kappa shape index (κ2) is 5.61. The molecule has 2 N–H and O–H groups in total. The summed E-state index contributed by atoms with van der Waals surface area (Å²) >= 11 is 0. The van der Waals surface area contributed by atoms with Gasteiger partial charge < -0.3 is 10.3 Å². The number of benzene rings is 2. The van der Waals surface area contributed by atoms with Crippen molar-refractivity contribution in [1.29, 1.82) is 0 Å². The first-order chi connectivity index (χ1) is 10.1. The summed E-state index contributed by atoms with van der Waals surface area (Å²) in [4.78, 5) is 4.29. The van der Waals surface area contributed by atoms with Crippen LogP contribution in [0.25, 0.3) is 11.0 Å². The first kappa shape index (κ1) is 13.7. The molecule has 1 atom stereocenters. The van der Waals surface area contributed by atoms with Gasteiger partial charge in [-0.2, -0.15) is 0 Å². The van der Waals surface area contributed by atoms with Gasteiger partial charge >= 0.3 is 0 Å². The lowest BCUT2D eigenvalue weighted by molar-refractivity contribution is 0.529. The fraction of sp³-hybridized carbons (Fsp3) is 0.188. The number of imidazole rings is 1. The van der Waals surface area contributed by atoms with Crippen molar-refractivity contribution in [2.24, 2.45) is 5.73 Å². The summed E-state index contributed by atoms with van der Waals surface area (Å²) in [5.41, 5.74) is 8.40. The van der Waals surface area contributed by atoms with Crippen molar-refractivity contribution in [3.63, 3.8) is 0 Å². The quantitative estimate of drug-likeness (QED) is 0.802. The molecule has 0 bridgehead atoms. The van der Waals surface area contributed by atoms with E-state index in [1.54, 1.807) is 6.33 Å². The Kier molecular flexibility index (Phi) is 3.66. The molecule has 3 aromatic rings. The third kappa shape index (κ3) is 2.92. The summed E-state index contributed by atoms with van der Waals surface area (Å²) in [6.45, 7) is 0.525. The van der Waals surface area contributed by atoms with E-state index in [1.165, 1.54) is 12.1 Å². The molecular weight excluding hydrogens is 272 g/mol. The second-order valence-corrected chi connectivity index (χ2v) is 5.09. The maximum Gasteiger partial charge on any atom is 0.129 e. The van der Waals surface area contributed by atoms with Gasteiger partial charge in [0, 0.05) is 18.7 Å². The summed E-state index contributed by atoms with van der Waals surface area (Å²) in [6.07, 6.45) is 2.07. The van der Waals surface area contributed by atoms with Crippen LogP contribution in [0.5, 0.6) is 0 Å². The van der Waals surface area contributed by atoms with Crippen LogP contribution in [0.1, 0.15) is 5.56 Å². The number of hydrogen-bond acceptors (Lipinski definition) is 2. The highest BCUT2D eigenvalue weighted by Crippen LogP contribution is 2.15. The summed E-state index contributed by atoms with van der Waals surface area (Å²) in [5.74, 6) is -1.13. The number of aromatic nitrogens is 2. The number of para-hydroxylation sites is 2. The predicted molar refractivity (Wildman–Crippen MR) is 77.8 cm³/mol. The third-order valence-corrected chi connectivity index (χ3v) is 3.46. The maximum atomic E-state index is 13.6. The Morgan fingerprint density at radius 3 is 2.76 bits per heavy atom. The number of rotatable bonds is 4. The van der Waals surface area contributed by atoms with Gasteiger partial charge in [-0.1, -0.05) is 18.2 Å². The molecule has 0 saturated heterocycles. The lowest BCUT2D eigenvalue weighted by atomic mass is 10.1. The summed E-state index contributed by atoms with van der Waals surface area (Å²) in [5, 5.41) is 0. The Balaban J connectivity index is 1.75. The van der Waals surface area contributed by atoms with Crippen LogP contribution in [0.15, 0.2) is 48.8 Å². The van der Waals surface area contributed by atoms with Gasteiger partial charge in [0.1, 0.15) is 11.6 Å². The molecule has 3 rings (SSSR count). The zero-order chi connectivity index (χ0) is 14.8. The molecular formula is C16H15F2N3. The first-order valence-electron chi connectivity index (χ1n) is 6.73. The fourth-order valence-corrected chi connectivity index (χ4v) is 2.44. The molecule has 0 spiro atoms. The molecule has 0 fully saturated rings. The van der Waals surface area contributed by atoms with E-state index in [-0.39, 0.29) is 6.04 Å². The first-order valence-corrected chi connectivity index (χ1v) is 6.73. The van der Waals surface area contributed by atoms with Gasteiger partial charge in [-0.3, -0.25) is 0 Å². The van der Waals surface area contributed by atoms with E-state index >= 15 is 0 Å². The molecule has 0 aliphatic rings. The number of fused-ring (bicyclic) bond motifs is 1. The van der Waals surface area contributed by atoms with Crippen molar-refractivity contribution in [3.8, 4) is 0 Å². The van der Waals surface area contributed by atoms with Crippen LogP contribution in [-0.2, 0) is 13.0 Å². The van der Waals surface area contributed by atoms with Crippen LogP contribution in [0, 0.1) is 11.6 Å². The van der Waals surface area contributed by atoms with Crippen molar-refractivity contribution in [2.45, 2.75) is 19.0 Å². The van der Waals surface area contributed by atoms with Crippen molar-refractivity contribution in [1.82, 2.24) is 9.55 Å². The molecule has 1 unspecified atom stereocenters. The second-order valence-electron chi connectivity index (χ2n) is 5.09.